The lowest BCUT2D eigenvalue weighted by molar-refractivity contribution is -0.106. The number of aryl methyl sites for hydroxylation is 2. The maximum atomic E-state index is 6.19. The lowest BCUT2D eigenvalue weighted by atomic mass is 9.70. The summed E-state index contributed by atoms with van der Waals surface area (Å²) < 4.78 is 12.3. The van der Waals surface area contributed by atoms with Gasteiger partial charge in [0.1, 0.15) is 5.75 Å². The second-order valence-corrected chi connectivity index (χ2v) is 12.0. The highest BCUT2D eigenvalue weighted by Crippen LogP contribution is 2.41. The van der Waals surface area contributed by atoms with Crippen molar-refractivity contribution >= 4 is 11.8 Å². The molecule has 0 aliphatic carbocycles. The Bertz CT molecular complexity index is 887. The summed E-state index contributed by atoms with van der Waals surface area (Å²) in [5, 5.41) is 0. The molecule has 0 N–H and O–H groups in total. The first-order valence-corrected chi connectivity index (χ1v) is 13.3. The van der Waals surface area contributed by atoms with Gasteiger partial charge in [0, 0.05) is 22.3 Å². The van der Waals surface area contributed by atoms with E-state index in [2.05, 4.69) is 84.9 Å². The van der Waals surface area contributed by atoms with Crippen LogP contribution in [0.5, 0.6) is 5.75 Å². The molecule has 2 aromatic carbocycles. The quantitative estimate of drug-likeness (QED) is 0.399. The van der Waals surface area contributed by atoms with Crippen LogP contribution in [0.2, 0.25) is 0 Å². The van der Waals surface area contributed by atoms with Gasteiger partial charge in [-0.3, -0.25) is 0 Å². The molecule has 1 heterocycles. The van der Waals surface area contributed by atoms with E-state index >= 15 is 0 Å². The molecule has 1 atom stereocenters. The summed E-state index contributed by atoms with van der Waals surface area (Å²) in [5.74, 6) is 2.02. The third kappa shape index (κ3) is 5.91. The highest BCUT2D eigenvalue weighted by atomic mass is 32.2. The number of hydrogen-bond acceptors (Lipinski definition) is 3. The van der Waals surface area contributed by atoms with Crippen molar-refractivity contribution in [3.63, 3.8) is 0 Å². The van der Waals surface area contributed by atoms with Crippen LogP contribution in [0.3, 0.4) is 0 Å². The standard InChI is InChI=1S/C29H42O2S/c1-8-29(9-2,24-14-13-23(21(3)18-24)20-32-28(5,6)7)25-15-16-26(22(4)19-25)31-27-12-10-11-17-30-27/h13-16,18-19,27H,8-12,17,20H2,1-7H3. The average molecular weight is 455 g/mol. The van der Waals surface area contributed by atoms with Crippen molar-refractivity contribution in [3.05, 3.63) is 64.2 Å². The summed E-state index contributed by atoms with van der Waals surface area (Å²) in [6.45, 7) is 16.7. The van der Waals surface area contributed by atoms with E-state index in [1.807, 2.05) is 11.8 Å². The van der Waals surface area contributed by atoms with Crippen LogP contribution in [0, 0.1) is 13.8 Å². The molecule has 0 amide bonds. The van der Waals surface area contributed by atoms with Gasteiger partial charge in [-0.05, 0) is 73.4 Å². The first-order valence-electron chi connectivity index (χ1n) is 12.3. The number of rotatable bonds is 8. The van der Waals surface area contributed by atoms with Gasteiger partial charge in [-0.25, -0.2) is 0 Å². The van der Waals surface area contributed by atoms with Crippen molar-refractivity contribution < 1.29 is 9.47 Å². The van der Waals surface area contributed by atoms with Crippen molar-refractivity contribution in [1.82, 2.24) is 0 Å². The van der Waals surface area contributed by atoms with Gasteiger partial charge in [-0.2, -0.15) is 11.8 Å². The van der Waals surface area contributed by atoms with E-state index in [4.69, 9.17) is 9.47 Å². The molecule has 2 nitrogen and oxygen atoms in total. The second kappa shape index (κ2) is 10.7. The van der Waals surface area contributed by atoms with Gasteiger partial charge in [0.05, 0.1) is 6.61 Å². The Morgan fingerprint density at radius 1 is 0.938 bits per heavy atom. The summed E-state index contributed by atoms with van der Waals surface area (Å²) in [4.78, 5) is 0. The highest BCUT2D eigenvalue weighted by molar-refractivity contribution is 7.99. The Morgan fingerprint density at radius 3 is 2.12 bits per heavy atom. The van der Waals surface area contributed by atoms with Crippen molar-refractivity contribution in [2.24, 2.45) is 0 Å². The zero-order valence-corrected chi connectivity index (χ0v) is 22.0. The van der Waals surface area contributed by atoms with Gasteiger partial charge in [0.2, 0.25) is 0 Å². The van der Waals surface area contributed by atoms with E-state index in [-0.39, 0.29) is 16.5 Å². The van der Waals surface area contributed by atoms with Gasteiger partial charge in [0.15, 0.2) is 6.29 Å². The van der Waals surface area contributed by atoms with Crippen LogP contribution in [0.4, 0.5) is 0 Å². The van der Waals surface area contributed by atoms with Crippen molar-refractivity contribution in [2.45, 2.75) is 103 Å². The molecule has 3 heteroatoms. The van der Waals surface area contributed by atoms with Crippen molar-refractivity contribution in [2.75, 3.05) is 6.61 Å². The lowest BCUT2D eigenvalue weighted by Gasteiger charge is -2.34. The fraction of sp³-hybridized carbons (Fsp3) is 0.586. The van der Waals surface area contributed by atoms with E-state index in [1.54, 1.807) is 0 Å². The molecule has 0 aromatic heterocycles. The Labute approximate surface area is 200 Å². The zero-order chi connectivity index (χ0) is 23.4. The van der Waals surface area contributed by atoms with Gasteiger partial charge in [0.25, 0.3) is 0 Å². The maximum absolute atomic E-state index is 6.19. The molecule has 176 valence electrons. The largest absolute Gasteiger partial charge is 0.465 e. The van der Waals surface area contributed by atoms with E-state index in [1.165, 1.54) is 34.2 Å². The Hall–Kier alpha value is -1.45. The SMILES string of the molecule is CCC(CC)(c1ccc(CSC(C)(C)C)c(C)c1)c1ccc(OC2CCCCO2)c(C)c1. The molecule has 1 unspecified atom stereocenters. The van der Waals surface area contributed by atoms with E-state index in [0.717, 1.165) is 43.8 Å². The normalized spacial score (nSPS) is 17.4. The topological polar surface area (TPSA) is 18.5 Å². The van der Waals surface area contributed by atoms with E-state index in [9.17, 15) is 0 Å². The fourth-order valence-corrected chi connectivity index (χ4v) is 5.62. The summed E-state index contributed by atoms with van der Waals surface area (Å²) in [5.41, 5.74) is 6.86. The first-order chi connectivity index (χ1) is 15.2. The molecule has 32 heavy (non-hydrogen) atoms. The molecule has 0 radical (unpaired) electrons. The predicted octanol–water partition coefficient (Wildman–Crippen LogP) is 8.35. The molecule has 1 aliphatic rings. The minimum Gasteiger partial charge on any atom is -0.465 e. The molecule has 0 saturated carbocycles. The Kier molecular flexibility index (Phi) is 8.38. The minimum absolute atomic E-state index is 0.0189. The summed E-state index contributed by atoms with van der Waals surface area (Å²) in [6.07, 6.45) is 5.35. The van der Waals surface area contributed by atoms with Crippen LogP contribution in [0.15, 0.2) is 36.4 Å². The minimum atomic E-state index is -0.100. The molecular formula is C29H42O2S. The Morgan fingerprint density at radius 2 is 1.59 bits per heavy atom. The Balaban J connectivity index is 1.87. The predicted molar refractivity (Wildman–Crippen MR) is 139 cm³/mol. The molecule has 1 fully saturated rings. The maximum Gasteiger partial charge on any atom is 0.199 e. The first kappa shape index (κ1) is 25.2. The van der Waals surface area contributed by atoms with E-state index in [0.29, 0.717) is 0 Å². The number of benzene rings is 2. The van der Waals surface area contributed by atoms with Crippen LogP contribution in [-0.2, 0) is 15.9 Å². The second-order valence-electron chi connectivity index (χ2n) is 10.2. The highest BCUT2D eigenvalue weighted by Gasteiger charge is 2.31. The zero-order valence-electron chi connectivity index (χ0n) is 21.2. The van der Waals surface area contributed by atoms with Crippen LogP contribution >= 0.6 is 11.8 Å². The third-order valence-electron chi connectivity index (χ3n) is 6.89. The smallest absolute Gasteiger partial charge is 0.199 e. The van der Waals surface area contributed by atoms with Gasteiger partial charge < -0.3 is 9.47 Å². The number of hydrogen-bond donors (Lipinski definition) is 0. The van der Waals surface area contributed by atoms with Gasteiger partial charge >= 0.3 is 0 Å². The van der Waals surface area contributed by atoms with Gasteiger partial charge in [-0.15, -0.1) is 0 Å². The van der Waals surface area contributed by atoms with Crippen LogP contribution in [0.25, 0.3) is 0 Å². The fourth-order valence-electron chi connectivity index (χ4n) is 4.71. The molecule has 0 spiro atoms. The molecule has 2 aromatic rings. The van der Waals surface area contributed by atoms with Crippen LogP contribution in [0.1, 0.15) is 94.5 Å². The lowest BCUT2D eigenvalue weighted by Crippen LogP contribution is -2.27. The number of thioether (sulfide) groups is 1. The molecule has 1 saturated heterocycles. The molecule has 1 aliphatic heterocycles. The summed E-state index contributed by atoms with van der Waals surface area (Å²) >= 11 is 2.02. The van der Waals surface area contributed by atoms with Crippen LogP contribution in [-0.4, -0.2) is 17.6 Å². The molecular weight excluding hydrogens is 412 g/mol. The molecule has 0 bridgehead atoms. The number of ether oxygens (including phenoxy) is 2. The van der Waals surface area contributed by atoms with E-state index < -0.39 is 0 Å². The summed E-state index contributed by atoms with van der Waals surface area (Å²) in [6, 6.07) is 13.9. The van der Waals surface area contributed by atoms with Crippen molar-refractivity contribution in [1.29, 1.82) is 0 Å². The van der Waals surface area contributed by atoms with Crippen LogP contribution < -0.4 is 4.74 Å². The molecule has 3 rings (SSSR count). The monoisotopic (exact) mass is 454 g/mol. The van der Waals surface area contributed by atoms with Gasteiger partial charge in [-0.1, -0.05) is 65.0 Å². The average Bonchev–Trinajstić information content (AvgIpc) is 2.76. The summed E-state index contributed by atoms with van der Waals surface area (Å²) in [7, 11) is 0. The van der Waals surface area contributed by atoms with Crippen molar-refractivity contribution in [3.8, 4) is 5.75 Å². The third-order valence-corrected chi connectivity index (χ3v) is 8.21.